The number of pyridine rings is 1. The van der Waals surface area contributed by atoms with E-state index in [0.717, 1.165) is 5.01 Å². The molecule has 9 heteroatoms. The van der Waals surface area contributed by atoms with Gasteiger partial charge in [0, 0.05) is 22.5 Å². The Kier molecular flexibility index (Phi) is 5.21. The predicted octanol–water partition coefficient (Wildman–Crippen LogP) is 2.58. The van der Waals surface area contributed by atoms with Crippen molar-refractivity contribution in [3.8, 4) is 0 Å². The Balaban J connectivity index is 2.54. The molecule has 1 aromatic heterocycles. The second kappa shape index (κ2) is 6.52. The van der Waals surface area contributed by atoms with Crippen LogP contribution >= 0.6 is 22.6 Å². The van der Waals surface area contributed by atoms with Crippen LogP contribution in [0.25, 0.3) is 0 Å². The van der Waals surface area contributed by atoms with Crippen LogP contribution in [0, 0.1) is 11.3 Å². The molecule has 0 aliphatic carbocycles. The van der Waals surface area contributed by atoms with E-state index < -0.39 is 29.8 Å². The summed E-state index contributed by atoms with van der Waals surface area (Å²) in [6, 6.07) is 3.07. The van der Waals surface area contributed by atoms with Crippen LogP contribution in [0.15, 0.2) is 29.6 Å². The average Bonchev–Trinajstić information content (AvgIpc) is 2.78. The van der Waals surface area contributed by atoms with E-state index in [-0.39, 0.29) is 5.71 Å². The fraction of sp³-hybridized carbons (Fsp3) is 0.571. The Morgan fingerprint density at radius 3 is 2.43 bits per heavy atom. The number of hydrazone groups is 1. The van der Waals surface area contributed by atoms with Gasteiger partial charge in [0.05, 0.1) is 11.1 Å². The van der Waals surface area contributed by atoms with E-state index in [1.54, 1.807) is 6.92 Å². The van der Waals surface area contributed by atoms with Crippen LogP contribution in [0.2, 0.25) is 0 Å². The van der Waals surface area contributed by atoms with Gasteiger partial charge >= 0.3 is 6.18 Å². The summed E-state index contributed by atoms with van der Waals surface area (Å²) in [6.45, 7) is 2.97. The van der Waals surface area contributed by atoms with Gasteiger partial charge in [-0.2, -0.15) is 18.3 Å². The Bertz CT molecular complexity index is 584. The maximum absolute atomic E-state index is 13.3. The fourth-order valence-electron chi connectivity index (χ4n) is 3.01. The molecule has 0 fully saturated rings. The molecule has 128 valence electrons. The molecule has 1 aromatic rings. The van der Waals surface area contributed by atoms with Crippen molar-refractivity contribution in [2.45, 2.75) is 32.4 Å². The molecule has 0 spiro atoms. The van der Waals surface area contributed by atoms with Crippen molar-refractivity contribution >= 4 is 34.0 Å². The number of hydrogen-bond donors (Lipinski definition) is 2. The highest BCUT2D eigenvalue weighted by Crippen LogP contribution is 2.49. The van der Waals surface area contributed by atoms with Crippen LogP contribution in [0.4, 0.5) is 18.9 Å². The standard InChI is InChI=1S/C14H17F3IN3O2/c1-8(7-18)13(11(22)14(15,16)17)9(2)20-21(12(13)23)10-3-5-19-6-4-10/h3-6,8,11-12,22-23H,7H2,1-2H3. The van der Waals surface area contributed by atoms with Crippen molar-refractivity contribution < 1.29 is 23.4 Å². The summed E-state index contributed by atoms with van der Waals surface area (Å²) in [7, 11) is 0. The van der Waals surface area contributed by atoms with E-state index in [2.05, 4.69) is 10.1 Å². The van der Waals surface area contributed by atoms with Gasteiger partial charge in [-0.25, -0.2) is 5.01 Å². The lowest BCUT2D eigenvalue weighted by Gasteiger charge is -2.43. The summed E-state index contributed by atoms with van der Waals surface area (Å²) in [5.41, 5.74) is -1.47. The SMILES string of the molecule is CC1=NN(c2ccncc2)C(O)C1(C(C)CI)C(O)C(F)(F)F. The zero-order chi connectivity index (χ0) is 17.4. The molecular formula is C14H17F3IN3O2. The molecule has 0 bridgehead atoms. The Labute approximate surface area is 145 Å². The van der Waals surface area contributed by atoms with Crippen molar-refractivity contribution in [3.63, 3.8) is 0 Å². The van der Waals surface area contributed by atoms with Crippen LogP contribution in [0.3, 0.4) is 0 Å². The summed E-state index contributed by atoms with van der Waals surface area (Å²) in [6.07, 6.45) is -6.31. The molecule has 0 saturated carbocycles. The minimum absolute atomic E-state index is 0.0517. The first kappa shape index (κ1) is 18.4. The Morgan fingerprint density at radius 1 is 1.39 bits per heavy atom. The number of aliphatic hydroxyl groups is 2. The maximum atomic E-state index is 13.3. The van der Waals surface area contributed by atoms with Crippen LogP contribution in [0.5, 0.6) is 0 Å². The van der Waals surface area contributed by atoms with Crippen LogP contribution in [-0.4, -0.2) is 43.8 Å². The van der Waals surface area contributed by atoms with Gasteiger partial charge in [-0.15, -0.1) is 0 Å². The minimum Gasteiger partial charge on any atom is -0.383 e. The van der Waals surface area contributed by atoms with Crippen molar-refractivity contribution in [1.29, 1.82) is 0 Å². The smallest absolute Gasteiger partial charge is 0.383 e. The molecule has 5 nitrogen and oxygen atoms in total. The number of aromatic nitrogens is 1. The maximum Gasteiger partial charge on any atom is 0.415 e. The monoisotopic (exact) mass is 443 g/mol. The van der Waals surface area contributed by atoms with Gasteiger partial charge in [-0.3, -0.25) is 4.98 Å². The molecule has 2 N–H and O–H groups in total. The fourth-order valence-corrected chi connectivity index (χ4v) is 3.73. The highest BCUT2D eigenvalue weighted by molar-refractivity contribution is 14.1. The number of aliphatic hydroxyl groups excluding tert-OH is 2. The van der Waals surface area contributed by atoms with Crippen molar-refractivity contribution in [3.05, 3.63) is 24.5 Å². The van der Waals surface area contributed by atoms with E-state index in [9.17, 15) is 23.4 Å². The quantitative estimate of drug-likeness (QED) is 0.555. The first-order valence-corrected chi connectivity index (χ1v) is 8.43. The van der Waals surface area contributed by atoms with Crippen molar-refractivity contribution in [2.24, 2.45) is 16.4 Å². The molecule has 4 atom stereocenters. The summed E-state index contributed by atoms with van der Waals surface area (Å²) in [5.74, 6) is -0.648. The molecule has 0 aromatic carbocycles. The first-order valence-electron chi connectivity index (χ1n) is 6.91. The van der Waals surface area contributed by atoms with Crippen LogP contribution < -0.4 is 5.01 Å². The van der Waals surface area contributed by atoms with E-state index >= 15 is 0 Å². The number of nitrogens with zero attached hydrogens (tertiary/aromatic N) is 3. The van der Waals surface area contributed by atoms with E-state index in [1.807, 2.05) is 22.6 Å². The zero-order valence-electron chi connectivity index (χ0n) is 12.5. The first-order chi connectivity index (χ1) is 10.7. The molecule has 1 aliphatic rings. The topological polar surface area (TPSA) is 69.0 Å². The minimum atomic E-state index is -4.87. The predicted molar refractivity (Wildman–Crippen MR) is 88.4 cm³/mol. The number of halogens is 4. The Hall–Kier alpha value is -0.940. The summed E-state index contributed by atoms with van der Waals surface area (Å²) in [4.78, 5) is 3.84. The molecule has 1 aliphatic heterocycles. The second-order valence-corrected chi connectivity index (χ2v) is 6.42. The van der Waals surface area contributed by atoms with Gasteiger partial charge < -0.3 is 10.2 Å². The third-order valence-electron chi connectivity index (χ3n) is 4.28. The van der Waals surface area contributed by atoms with Gasteiger partial charge in [0.25, 0.3) is 0 Å². The molecule has 0 amide bonds. The molecular weight excluding hydrogens is 426 g/mol. The third-order valence-corrected chi connectivity index (χ3v) is 5.60. The van der Waals surface area contributed by atoms with Gasteiger partial charge in [0.2, 0.25) is 0 Å². The molecule has 2 heterocycles. The molecule has 0 saturated heterocycles. The number of anilines is 1. The number of hydrogen-bond acceptors (Lipinski definition) is 5. The zero-order valence-corrected chi connectivity index (χ0v) is 14.7. The van der Waals surface area contributed by atoms with Crippen LogP contribution in [-0.2, 0) is 0 Å². The van der Waals surface area contributed by atoms with E-state index in [0.29, 0.717) is 10.1 Å². The molecule has 0 radical (unpaired) electrons. The highest BCUT2D eigenvalue weighted by Gasteiger charge is 2.64. The lowest BCUT2D eigenvalue weighted by molar-refractivity contribution is -0.245. The van der Waals surface area contributed by atoms with Gasteiger partial charge in [0.1, 0.15) is 0 Å². The van der Waals surface area contributed by atoms with Gasteiger partial charge in [0.15, 0.2) is 12.3 Å². The van der Waals surface area contributed by atoms with Crippen molar-refractivity contribution in [1.82, 2.24) is 4.98 Å². The molecule has 4 unspecified atom stereocenters. The van der Waals surface area contributed by atoms with Gasteiger partial charge in [-0.05, 0) is 25.0 Å². The van der Waals surface area contributed by atoms with Crippen LogP contribution in [0.1, 0.15) is 13.8 Å². The lowest BCUT2D eigenvalue weighted by Crippen LogP contribution is -2.60. The molecule has 2 rings (SSSR count). The summed E-state index contributed by atoms with van der Waals surface area (Å²) in [5, 5.41) is 25.9. The largest absolute Gasteiger partial charge is 0.415 e. The van der Waals surface area contributed by atoms with Gasteiger partial charge in [-0.1, -0.05) is 29.5 Å². The van der Waals surface area contributed by atoms with E-state index in [4.69, 9.17) is 0 Å². The second-order valence-electron chi connectivity index (χ2n) is 5.54. The normalized spacial score (nSPS) is 27.7. The number of rotatable bonds is 4. The summed E-state index contributed by atoms with van der Waals surface area (Å²) < 4.78 is 40.1. The molecule has 23 heavy (non-hydrogen) atoms. The number of alkyl halides is 4. The van der Waals surface area contributed by atoms with Crippen molar-refractivity contribution in [2.75, 3.05) is 9.44 Å². The third kappa shape index (κ3) is 2.93. The average molecular weight is 443 g/mol. The lowest BCUT2D eigenvalue weighted by atomic mass is 9.68. The summed E-state index contributed by atoms with van der Waals surface area (Å²) >= 11 is 1.94. The Morgan fingerprint density at radius 2 is 1.96 bits per heavy atom. The van der Waals surface area contributed by atoms with E-state index in [1.165, 1.54) is 31.5 Å². The highest BCUT2D eigenvalue weighted by atomic mass is 127.